The molecule has 0 aromatic rings. The zero-order valence-corrected chi connectivity index (χ0v) is 64.3. The SMILES string of the molecule is CCCCCCCCCCCCCCCCCCCCCCC(=O)O[C@H](COC(=O)CCCCCCCCCCCCCCCC)COP(=O)(O)OC[C@@H](O)COP(=O)(O)OC[C@@H](COC(=O)CCCCCCCCCCCC)OC(=O)CCCCCCCCCCC(C)CC. The minimum Gasteiger partial charge on any atom is -0.462 e. The lowest BCUT2D eigenvalue weighted by Crippen LogP contribution is -2.30. The lowest BCUT2D eigenvalue weighted by molar-refractivity contribution is -0.161. The monoisotopic (exact) mass is 1410 g/mol. The van der Waals surface area contributed by atoms with Crippen LogP contribution in [-0.4, -0.2) is 96.7 Å². The Balaban J connectivity index is 5.22. The van der Waals surface area contributed by atoms with E-state index >= 15 is 0 Å². The Morgan fingerprint density at radius 2 is 0.500 bits per heavy atom. The van der Waals surface area contributed by atoms with Crippen molar-refractivity contribution >= 4 is 39.5 Å². The molecular weight excluding hydrogens is 1260 g/mol. The summed E-state index contributed by atoms with van der Waals surface area (Å²) in [6.45, 7) is 7.29. The fraction of sp³-hybridized carbons (Fsp3) is 0.948. The quantitative estimate of drug-likeness (QED) is 0.0222. The number of hydrogen-bond acceptors (Lipinski definition) is 15. The number of carbonyl (C=O) groups excluding carboxylic acids is 4. The van der Waals surface area contributed by atoms with Crippen molar-refractivity contribution in [3.8, 4) is 0 Å². The van der Waals surface area contributed by atoms with Crippen molar-refractivity contribution < 1.29 is 80.2 Å². The predicted octanol–water partition coefficient (Wildman–Crippen LogP) is 22.9. The molecule has 0 saturated heterocycles. The Hall–Kier alpha value is -1.94. The second-order valence-electron chi connectivity index (χ2n) is 28.0. The zero-order valence-electron chi connectivity index (χ0n) is 62.5. The van der Waals surface area contributed by atoms with E-state index in [2.05, 4.69) is 34.6 Å². The van der Waals surface area contributed by atoms with Gasteiger partial charge in [-0.25, -0.2) is 9.13 Å². The number of hydrogen-bond donors (Lipinski definition) is 3. The highest BCUT2D eigenvalue weighted by atomic mass is 31.2. The Bertz CT molecular complexity index is 1840. The van der Waals surface area contributed by atoms with Crippen LogP contribution < -0.4 is 0 Å². The molecule has 0 aliphatic rings. The maximum Gasteiger partial charge on any atom is 0.472 e. The number of unbranched alkanes of at least 4 members (excludes halogenated alkanes) is 48. The molecule has 0 spiro atoms. The molecule has 0 radical (unpaired) electrons. The number of phosphoric ester groups is 2. The molecule has 0 aliphatic heterocycles. The highest BCUT2D eigenvalue weighted by Gasteiger charge is 2.30. The normalized spacial score (nSPS) is 14.2. The van der Waals surface area contributed by atoms with Crippen LogP contribution >= 0.6 is 15.6 Å². The van der Waals surface area contributed by atoms with E-state index in [4.69, 9.17) is 37.0 Å². The third kappa shape index (κ3) is 69.2. The molecule has 0 fully saturated rings. The molecule has 0 aliphatic carbocycles. The van der Waals surface area contributed by atoms with E-state index in [9.17, 15) is 43.2 Å². The van der Waals surface area contributed by atoms with E-state index in [1.807, 2.05) is 0 Å². The lowest BCUT2D eigenvalue weighted by Gasteiger charge is -2.21. The number of carbonyl (C=O) groups is 4. The van der Waals surface area contributed by atoms with Gasteiger partial charge in [-0.05, 0) is 31.6 Å². The summed E-state index contributed by atoms with van der Waals surface area (Å²) in [6, 6.07) is 0. The molecule has 3 N–H and O–H groups in total. The van der Waals surface area contributed by atoms with Crippen LogP contribution in [-0.2, 0) is 65.4 Å². The summed E-state index contributed by atoms with van der Waals surface area (Å²) in [7, 11) is -9.91. The molecule has 0 heterocycles. The Morgan fingerprint density at radius 3 is 0.740 bits per heavy atom. The first kappa shape index (κ1) is 94.1. The molecular formula is C77H150O17P2. The van der Waals surface area contributed by atoms with Crippen molar-refractivity contribution in [3.63, 3.8) is 0 Å². The molecule has 0 aromatic carbocycles. The van der Waals surface area contributed by atoms with Gasteiger partial charge in [0.2, 0.25) is 0 Å². The number of aliphatic hydroxyl groups excluding tert-OH is 1. The van der Waals surface area contributed by atoms with Crippen LogP contribution in [0.2, 0.25) is 0 Å². The second kappa shape index (κ2) is 70.1. The van der Waals surface area contributed by atoms with Gasteiger partial charge >= 0.3 is 39.5 Å². The summed E-state index contributed by atoms with van der Waals surface area (Å²) >= 11 is 0. The molecule has 570 valence electrons. The van der Waals surface area contributed by atoms with Crippen LogP contribution in [0.15, 0.2) is 0 Å². The summed E-state index contributed by atoms with van der Waals surface area (Å²) in [5.74, 6) is -1.34. The van der Waals surface area contributed by atoms with E-state index < -0.39 is 97.5 Å². The van der Waals surface area contributed by atoms with Crippen molar-refractivity contribution in [2.75, 3.05) is 39.6 Å². The first-order valence-corrected chi connectivity index (χ1v) is 43.2. The standard InChI is InChI=1S/C77H150O17P2/c1-6-10-13-16-19-22-25-27-29-30-31-32-33-34-36-38-41-47-52-57-62-76(81)93-72(66-88-75(80)61-56-51-46-40-37-35-28-26-23-20-17-14-11-7-2)68-91-95(83,84)89-64-71(78)65-90-96(85,86)92-69-73(67-87-74(79)60-55-50-45-39-24-21-18-15-12-8-3)94-77(82)63-58-53-48-43-42-44-49-54-59-70(5)9-4/h70-73,78H,6-69H2,1-5H3,(H,83,84)(H,85,86)/t70?,71-,72-,73-/m1/s1. The minimum atomic E-state index is -4.96. The van der Waals surface area contributed by atoms with Gasteiger partial charge in [0.25, 0.3) is 0 Å². The Kier molecular flexibility index (Phi) is 68.7. The maximum absolute atomic E-state index is 13.1. The van der Waals surface area contributed by atoms with Crippen molar-refractivity contribution in [2.45, 2.75) is 425 Å². The predicted molar refractivity (Wildman–Crippen MR) is 391 cm³/mol. The van der Waals surface area contributed by atoms with Crippen molar-refractivity contribution in [2.24, 2.45) is 5.92 Å². The second-order valence-corrected chi connectivity index (χ2v) is 30.9. The summed E-state index contributed by atoms with van der Waals surface area (Å²) < 4.78 is 68.5. The highest BCUT2D eigenvalue weighted by Crippen LogP contribution is 2.45. The van der Waals surface area contributed by atoms with Crippen LogP contribution in [0.5, 0.6) is 0 Å². The molecule has 19 heteroatoms. The van der Waals surface area contributed by atoms with Gasteiger partial charge in [-0.3, -0.25) is 37.3 Å². The molecule has 0 amide bonds. The van der Waals surface area contributed by atoms with Gasteiger partial charge in [-0.2, -0.15) is 0 Å². The summed E-state index contributed by atoms with van der Waals surface area (Å²) in [5, 5.41) is 10.6. The molecule has 3 unspecified atom stereocenters. The smallest absolute Gasteiger partial charge is 0.462 e. The van der Waals surface area contributed by atoms with Crippen molar-refractivity contribution in [1.82, 2.24) is 0 Å². The highest BCUT2D eigenvalue weighted by molar-refractivity contribution is 7.47. The fourth-order valence-electron chi connectivity index (χ4n) is 11.8. The molecule has 0 aromatic heterocycles. The Labute approximate surface area is 588 Å². The maximum atomic E-state index is 13.1. The summed E-state index contributed by atoms with van der Waals surface area (Å²) in [6.07, 6.45) is 59.6. The van der Waals surface area contributed by atoms with E-state index in [-0.39, 0.29) is 25.7 Å². The van der Waals surface area contributed by atoms with Gasteiger partial charge in [-0.15, -0.1) is 0 Å². The molecule has 0 rings (SSSR count). The number of ether oxygens (including phenoxy) is 4. The summed E-state index contributed by atoms with van der Waals surface area (Å²) in [5.41, 5.74) is 0. The van der Waals surface area contributed by atoms with Gasteiger partial charge in [0.1, 0.15) is 19.3 Å². The third-order valence-electron chi connectivity index (χ3n) is 18.4. The molecule has 0 saturated carbocycles. The topological polar surface area (TPSA) is 237 Å². The largest absolute Gasteiger partial charge is 0.472 e. The van der Waals surface area contributed by atoms with E-state index in [1.165, 1.54) is 231 Å². The van der Waals surface area contributed by atoms with E-state index in [0.717, 1.165) is 95.8 Å². The van der Waals surface area contributed by atoms with E-state index in [1.54, 1.807) is 0 Å². The van der Waals surface area contributed by atoms with Crippen LogP contribution in [0.1, 0.15) is 407 Å². The fourth-order valence-corrected chi connectivity index (χ4v) is 13.4. The first-order chi connectivity index (χ1) is 46.6. The van der Waals surface area contributed by atoms with Gasteiger partial charge in [0, 0.05) is 25.7 Å². The lowest BCUT2D eigenvalue weighted by atomic mass is 9.99. The zero-order chi connectivity index (χ0) is 70.5. The van der Waals surface area contributed by atoms with Crippen molar-refractivity contribution in [1.29, 1.82) is 0 Å². The van der Waals surface area contributed by atoms with Crippen LogP contribution in [0.3, 0.4) is 0 Å². The first-order valence-electron chi connectivity index (χ1n) is 40.2. The molecule has 6 atom stereocenters. The van der Waals surface area contributed by atoms with Crippen LogP contribution in [0.4, 0.5) is 0 Å². The summed E-state index contributed by atoms with van der Waals surface area (Å²) in [4.78, 5) is 72.8. The van der Waals surface area contributed by atoms with Gasteiger partial charge < -0.3 is 33.8 Å². The number of rotatable bonds is 77. The number of esters is 4. The van der Waals surface area contributed by atoms with Gasteiger partial charge in [0.05, 0.1) is 26.4 Å². The third-order valence-corrected chi connectivity index (χ3v) is 20.3. The average Bonchev–Trinajstić information content (AvgIpc) is 3.57. The van der Waals surface area contributed by atoms with Gasteiger partial charge in [0.15, 0.2) is 12.2 Å². The average molecular weight is 1410 g/mol. The number of aliphatic hydroxyl groups is 1. The van der Waals surface area contributed by atoms with Crippen molar-refractivity contribution in [3.05, 3.63) is 0 Å². The number of phosphoric acid groups is 2. The van der Waals surface area contributed by atoms with Gasteiger partial charge in [-0.1, -0.05) is 356 Å². The van der Waals surface area contributed by atoms with Crippen LogP contribution in [0, 0.1) is 5.92 Å². The van der Waals surface area contributed by atoms with Crippen LogP contribution in [0.25, 0.3) is 0 Å². The molecule has 17 nitrogen and oxygen atoms in total. The Morgan fingerprint density at radius 1 is 0.292 bits per heavy atom. The molecule has 0 bridgehead atoms. The minimum absolute atomic E-state index is 0.106. The molecule has 96 heavy (non-hydrogen) atoms. The van der Waals surface area contributed by atoms with E-state index in [0.29, 0.717) is 25.7 Å².